The third-order valence-corrected chi connectivity index (χ3v) is 2.27. The van der Waals surface area contributed by atoms with Gasteiger partial charge in [-0.05, 0) is 12.5 Å². The first-order chi connectivity index (χ1) is 5.83. The molecule has 1 aromatic rings. The SMILES string of the molecule is CC[C@@H]1Oc2ccccc2[C@H]1O. The lowest BCUT2D eigenvalue weighted by molar-refractivity contribution is 0.0653. The van der Waals surface area contributed by atoms with Gasteiger partial charge in [0.05, 0.1) is 0 Å². The van der Waals surface area contributed by atoms with Crippen molar-refractivity contribution in [1.82, 2.24) is 0 Å². The van der Waals surface area contributed by atoms with Crippen molar-refractivity contribution < 1.29 is 9.84 Å². The van der Waals surface area contributed by atoms with Gasteiger partial charge in [0, 0.05) is 5.56 Å². The van der Waals surface area contributed by atoms with Crippen molar-refractivity contribution in [2.45, 2.75) is 25.6 Å². The van der Waals surface area contributed by atoms with Crippen LogP contribution >= 0.6 is 0 Å². The molecule has 0 amide bonds. The summed E-state index contributed by atoms with van der Waals surface area (Å²) in [6.07, 6.45) is 0.351. The van der Waals surface area contributed by atoms with Crippen LogP contribution in [-0.4, -0.2) is 11.2 Å². The van der Waals surface area contributed by atoms with E-state index in [9.17, 15) is 5.11 Å². The average molecular weight is 164 g/mol. The number of hydrogen-bond donors (Lipinski definition) is 1. The smallest absolute Gasteiger partial charge is 0.129 e. The zero-order chi connectivity index (χ0) is 8.55. The van der Waals surface area contributed by atoms with Crippen LogP contribution in [0, 0.1) is 0 Å². The van der Waals surface area contributed by atoms with Gasteiger partial charge in [-0.25, -0.2) is 0 Å². The van der Waals surface area contributed by atoms with Gasteiger partial charge in [-0.2, -0.15) is 0 Å². The van der Waals surface area contributed by atoms with Gasteiger partial charge in [0.15, 0.2) is 0 Å². The van der Waals surface area contributed by atoms with Gasteiger partial charge in [0.25, 0.3) is 0 Å². The van der Waals surface area contributed by atoms with E-state index in [1.807, 2.05) is 31.2 Å². The van der Waals surface area contributed by atoms with E-state index in [2.05, 4.69) is 0 Å². The molecule has 0 unspecified atom stereocenters. The number of hydrogen-bond acceptors (Lipinski definition) is 2. The van der Waals surface area contributed by atoms with Crippen LogP contribution in [0.1, 0.15) is 25.0 Å². The molecule has 2 heteroatoms. The summed E-state index contributed by atoms with van der Waals surface area (Å²) in [5.41, 5.74) is 0.921. The second kappa shape index (κ2) is 2.79. The summed E-state index contributed by atoms with van der Waals surface area (Å²) in [7, 11) is 0. The zero-order valence-corrected chi connectivity index (χ0v) is 7.03. The molecule has 1 aromatic carbocycles. The molecule has 2 nitrogen and oxygen atoms in total. The zero-order valence-electron chi connectivity index (χ0n) is 7.03. The van der Waals surface area contributed by atoms with E-state index in [-0.39, 0.29) is 6.10 Å². The van der Waals surface area contributed by atoms with Gasteiger partial charge in [-0.15, -0.1) is 0 Å². The molecule has 0 fully saturated rings. The Hall–Kier alpha value is -1.02. The fraction of sp³-hybridized carbons (Fsp3) is 0.400. The minimum Gasteiger partial charge on any atom is -0.487 e. The fourth-order valence-electron chi connectivity index (χ4n) is 1.57. The van der Waals surface area contributed by atoms with E-state index in [4.69, 9.17) is 4.74 Å². The normalized spacial score (nSPS) is 26.5. The summed E-state index contributed by atoms with van der Waals surface area (Å²) in [5, 5.41) is 9.72. The Bertz CT molecular complexity index is 283. The van der Waals surface area contributed by atoms with Crippen LogP contribution in [0.15, 0.2) is 24.3 Å². The fourth-order valence-corrected chi connectivity index (χ4v) is 1.57. The van der Waals surface area contributed by atoms with Gasteiger partial charge in [-0.3, -0.25) is 0 Å². The van der Waals surface area contributed by atoms with Crippen LogP contribution in [0.2, 0.25) is 0 Å². The molecule has 0 spiro atoms. The molecule has 64 valence electrons. The molecule has 0 aliphatic carbocycles. The molecule has 12 heavy (non-hydrogen) atoms. The quantitative estimate of drug-likeness (QED) is 0.686. The number of aliphatic hydroxyl groups is 1. The van der Waals surface area contributed by atoms with Crippen molar-refractivity contribution in [2.75, 3.05) is 0 Å². The highest BCUT2D eigenvalue weighted by Gasteiger charge is 2.30. The summed E-state index contributed by atoms with van der Waals surface area (Å²) in [5.74, 6) is 0.830. The predicted molar refractivity (Wildman–Crippen MR) is 46.1 cm³/mol. The van der Waals surface area contributed by atoms with E-state index in [0.717, 1.165) is 17.7 Å². The number of para-hydroxylation sites is 1. The summed E-state index contributed by atoms with van der Waals surface area (Å²) in [6, 6.07) is 7.65. The van der Waals surface area contributed by atoms with Gasteiger partial charge in [0.2, 0.25) is 0 Å². The summed E-state index contributed by atoms with van der Waals surface area (Å²) >= 11 is 0. The minimum absolute atomic E-state index is 0.0533. The number of fused-ring (bicyclic) bond motifs is 1. The van der Waals surface area contributed by atoms with Crippen LogP contribution in [0.3, 0.4) is 0 Å². The molecular weight excluding hydrogens is 152 g/mol. The molecule has 0 saturated heterocycles. The molecule has 1 heterocycles. The van der Waals surface area contributed by atoms with Crippen molar-refractivity contribution in [2.24, 2.45) is 0 Å². The van der Waals surface area contributed by atoms with E-state index in [1.165, 1.54) is 0 Å². The Morgan fingerprint density at radius 3 is 2.83 bits per heavy atom. The highest BCUT2D eigenvalue weighted by Crippen LogP contribution is 2.37. The Balaban J connectivity index is 2.35. The molecule has 0 aromatic heterocycles. The Labute approximate surface area is 71.8 Å². The molecule has 1 N–H and O–H groups in total. The van der Waals surface area contributed by atoms with Crippen LogP contribution in [0.25, 0.3) is 0 Å². The third kappa shape index (κ3) is 0.994. The second-order valence-electron chi connectivity index (χ2n) is 3.05. The molecule has 2 rings (SSSR count). The van der Waals surface area contributed by atoms with Crippen LogP contribution < -0.4 is 4.74 Å². The van der Waals surface area contributed by atoms with Gasteiger partial charge in [0.1, 0.15) is 18.0 Å². The van der Waals surface area contributed by atoms with Crippen LogP contribution in [0.4, 0.5) is 0 Å². The van der Waals surface area contributed by atoms with Gasteiger partial charge in [-0.1, -0.05) is 25.1 Å². The molecule has 1 aliphatic rings. The average Bonchev–Trinajstić information content (AvgIpc) is 2.44. The Morgan fingerprint density at radius 2 is 2.17 bits per heavy atom. The maximum absolute atomic E-state index is 9.72. The first-order valence-electron chi connectivity index (χ1n) is 4.26. The maximum Gasteiger partial charge on any atom is 0.129 e. The van der Waals surface area contributed by atoms with Crippen molar-refractivity contribution >= 4 is 0 Å². The molecule has 0 saturated carbocycles. The maximum atomic E-state index is 9.72. The highest BCUT2D eigenvalue weighted by molar-refractivity contribution is 5.39. The van der Waals surface area contributed by atoms with E-state index >= 15 is 0 Å². The van der Waals surface area contributed by atoms with Crippen LogP contribution in [-0.2, 0) is 0 Å². The standard InChI is InChI=1S/C10H12O2/c1-2-8-10(11)7-5-3-4-6-9(7)12-8/h3-6,8,10-11H,2H2,1H3/t8-,10+/m0/s1. The van der Waals surface area contributed by atoms with Gasteiger partial charge < -0.3 is 9.84 Å². The summed E-state index contributed by atoms with van der Waals surface area (Å²) < 4.78 is 5.52. The molecule has 0 radical (unpaired) electrons. The van der Waals surface area contributed by atoms with E-state index < -0.39 is 6.10 Å². The molecular formula is C10H12O2. The minimum atomic E-state index is -0.439. The Morgan fingerprint density at radius 1 is 1.42 bits per heavy atom. The van der Waals surface area contributed by atoms with Crippen molar-refractivity contribution in [3.63, 3.8) is 0 Å². The highest BCUT2D eigenvalue weighted by atomic mass is 16.5. The van der Waals surface area contributed by atoms with Crippen LogP contribution in [0.5, 0.6) is 5.75 Å². The van der Waals surface area contributed by atoms with Crippen molar-refractivity contribution in [3.05, 3.63) is 29.8 Å². The summed E-state index contributed by atoms with van der Waals surface area (Å²) in [6.45, 7) is 2.01. The van der Waals surface area contributed by atoms with Gasteiger partial charge >= 0.3 is 0 Å². The monoisotopic (exact) mass is 164 g/mol. The topological polar surface area (TPSA) is 29.5 Å². The lowest BCUT2D eigenvalue weighted by atomic mass is 10.1. The number of rotatable bonds is 1. The lowest BCUT2D eigenvalue weighted by Gasteiger charge is -2.10. The lowest BCUT2D eigenvalue weighted by Crippen LogP contribution is -2.16. The largest absolute Gasteiger partial charge is 0.487 e. The van der Waals surface area contributed by atoms with Crippen molar-refractivity contribution in [3.8, 4) is 5.75 Å². The Kier molecular flexibility index (Phi) is 1.77. The molecule has 1 aliphatic heterocycles. The predicted octanol–water partition coefficient (Wildman–Crippen LogP) is 1.89. The van der Waals surface area contributed by atoms with Crippen molar-refractivity contribution in [1.29, 1.82) is 0 Å². The summed E-state index contributed by atoms with van der Waals surface area (Å²) in [4.78, 5) is 0. The third-order valence-electron chi connectivity index (χ3n) is 2.27. The first kappa shape index (κ1) is 7.62. The van der Waals surface area contributed by atoms with E-state index in [0.29, 0.717) is 0 Å². The van der Waals surface area contributed by atoms with E-state index in [1.54, 1.807) is 0 Å². The number of ether oxygens (including phenoxy) is 1. The molecule has 2 atom stereocenters. The number of aliphatic hydroxyl groups excluding tert-OH is 1. The molecule has 0 bridgehead atoms. The second-order valence-corrected chi connectivity index (χ2v) is 3.05. The first-order valence-corrected chi connectivity index (χ1v) is 4.26. The number of benzene rings is 1.